The van der Waals surface area contributed by atoms with Crippen LogP contribution in [0.2, 0.25) is 0 Å². The number of hydrogen-bond donors (Lipinski definition) is 1. The Morgan fingerprint density at radius 2 is 1.94 bits per heavy atom. The van der Waals surface area contributed by atoms with Crippen LogP contribution in [-0.2, 0) is 4.74 Å². The molecule has 0 saturated carbocycles. The smallest absolute Gasteiger partial charge is 0.388 e. The SMILES string of the molecule is Cc1cc(F)cc(C(O)CCOCC(F)(F)F)c1. The summed E-state index contributed by atoms with van der Waals surface area (Å²) in [5.74, 6) is -0.486. The van der Waals surface area contributed by atoms with Crippen LogP contribution in [-0.4, -0.2) is 24.5 Å². The van der Waals surface area contributed by atoms with Crippen LogP contribution < -0.4 is 0 Å². The summed E-state index contributed by atoms with van der Waals surface area (Å²) >= 11 is 0. The van der Waals surface area contributed by atoms with Crippen LogP contribution in [0.25, 0.3) is 0 Å². The number of aryl methyl sites for hydroxylation is 1. The third-order valence-corrected chi connectivity index (χ3v) is 2.25. The van der Waals surface area contributed by atoms with Gasteiger partial charge in [0.1, 0.15) is 12.4 Å². The van der Waals surface area contributed by atoms with Crippen LogP contribution in [0.5, 0.6) is 0 Å². The van der Waals surface area contributed by atoms with Crippen molar-refractivity contribution in [3.8, 4) is 0 Å². The Hall–Kier alpha value is -1.14. The van der Waals surface area contributed by atoms with Gasteiger partial charge in [0, 0.05) is 13.0 Å². The highest BCUT2D eigenvalue weighted by Gasteiger charge is 2.27. The van der Waals surface area contributed by atoms with Crippen LogP contribution in [0.1, 0.15) is 23.7 Å². The highest BCUT2D eigenvalue weighted by atomic mass is 19.4. The van der Waals surface area contributed by atoms with Gasteiger partial charge >= 0.3 is 6.18 Å². The molecule has 0 aliphatic rings. The van der Waals surface area contributed by atoms with Gasteiger partial charge in [0.15, 0.2) is 0 Å². The van der Waals surface area contributed by atoms with Crippen LogP contribution in [0, 0.1) is 12.7 Å². The molecule has 0 aromatic heterocycles. The number of alkyl halides is 3. The van der Waals surface area contributed by atoms with Gasteiger partial charge in [-0.2, -0.15) is 13.2 Å². The average Bonchev–Trinajstić information content (AvgIpc) is 2.21. The zero-order valence-electron chi connectivity index (χ0n) is 9.80. The molecule has 0 aliphatic heterocycles. The van der Waals surface area contributed by atoms with E-state index in [4.69, 9.17) is 0 Å². The predicted molar refractivity (Wildman–Crippen MR) is 57.6 cm³/mol. The summed E-state index contributed by atoms with van der Waals surface area (Å²) < 4.78 is 52.7. The molecular formula is C12H14F4O2. The Kier molecular flexibility index (Phi) is 5.10. The van der Waals surface area contributed by atoms with Gasteiger partial charge in [0.05, 0.1) is 6.10 Å². The normalized spacial score (nSPS) is 13.7. The number of halogens is 4. The summed E-state index contributed by atoms with van der Waals surface area (Å²) in [7, 11) is 0. The molecule has 1 aromatic carbocycles. The first-order chi connectivity index (χ1) is 8.28. The molecule has 0 bridgehead atoms. The summed E-state index contributed by atoms with van der Waals surface area (Å²) in [4.78, 5) is 0. The molecule has 6 heteroatoms. The first-order valence-electron chi connectivity index (χ1n) is 5.37. The van der Waals surface area contributed by atoms with Crippen molar-refractivity contribution in [3.05, 3.63) is 35.1 Å². The van der Waals surface area contributed by atoms with E-state index in [0.717, 1.165) is 6.07 Å². The van der Waals surface area contributed by atoms with Gasteiger partial charge in [-0.15, -0.1) is 0 Å². The Bertz CT molecular complexity index is 370. The topological polar surface area (TPSA) is 29.5 Å². The standard InChI is InChI=1S/C12H14F4O2/c1-8-4-9(6-10(13)5-8)11(17)2-3-18-7-12(14,15)16/h4-6,11,17H,2-3,7H2,1H3. The molecule has 1 atom stereocenters. The number of aliphatic hydroxyl groups excluding tert-OH is 1. The van der Waals surface area contributed by atoms with E-state index in [2.05, 4.69) is 4.74 Å². The number of hydrogen-bond acceptors (Lipinski definition) is 2. The monoisotopic (exact) mass is 266 g/mol. The molecule has 0 spiro atoms. The first kappa shape index (κ1) is 14.9. The van der Waals surface area contributed by atoms with Crippen molar-refractivity contribution in [2.45, 2.75) is 25.6 Å². The van der Waals surface area contributed by atoms with E-state index in [1.165, 1.54) is 6.07 Å². The fourth-order valence-corrected chi connectivity index (χ4v) is 1.51. The Morgan fingerprint density at radius 3 is 2.50 bits per heavy atom. The minimum absolute atomic E-state index is 0.0149. The van der Waals surface area contributed by atoms with E-state index in [1.807, 2.05) is 0 Å². The van der Waals surface area contributed by atoms with Crippen molar-refractivity contribution in [2.24, 2.45) is 0 Å². The molecule has 2 nitrogen and oxygen atoms in total. The lowest BCUT2D eigenvalue weighted by atomic mass is 10.0. The van der Waals surface area contributed by atoms with E-state index < -0.39 is 24.7 Å². The van der Waals surface area contributed by atoms with Gasteiger partial charge in [0.2, 0.25) is 0 Å². The first-order valence-corrected chi connectivity index (χ1v) is 5.37. The van der Waals surface area contributed by atoms with Gasteiger partial charge in [0.25, 0.3) is 0 Å². The van der Waals surface area contributed by atoms with Crippen LogP contribution in [0.3, 0.4) is 0 Å². The molecule has 0 saturated heterocycles. The molecule has 0 amide bonds. The quantitative estimate of drug-likeness (QED) is 0.655. The minimum atomic E-state index is -4.37. The highest BCUT2D eigenvalue weighted by Crippen LogP contribution is 2.20. The second-order valence-corrected chi connectivity index (χ2v) is 4.03. The number of rotatable bonds is 5. The maximum Gasteiger partial charge on any atom is 0.411 e. The van der Waals surface area contributed by atoms with Crippen molar-refractivity contribution in [2.75, 3.05) is 13.2 Å². The Morgan fingerprint density at radius 1 is 1.28 bits per heavy atom. The Balaban J connectivity index is 2.43. The average molecular weight is 266 g/mol. The summed E-state index contributed by atoms with van der Waals surface area (Å²) in [6.45, 7) is 0.0809. The fourth-order valence-electron chi connectivity index (χ4n) is 1.51. The lowest BCUT2D eigenvalue weighted by Gasteiger charge is -2.13. The third kappa shape index (κ3) is 5.46. The molecule has 0 fully saturated rings. The van der Waals surface area contributed by atoms with Gasteiger partial charge in [-0.1, -0.05) is 6.07 Å². The largest absolute Gasteiger partial charge is 0.411 e. The number of benzene rings is 1. The molecule has 102 valence electrons. The molecule has 18 heavy (non-hydrogen) atoms. The molecule has 1 unspecified atom stereocenters. The van der Waals surface area contributed by atoms with Gasteiger partial charge < -0.3 is 9.84 Å². The van der Waals surface area contributed by atoms with E-state index in [-0.39, 0.29) is 13.0 Å². The molecule has 1 rings (SSSR count). The van der Waals surface area contributed by atoms with Crippen molar-refractivity contribution < 1.29 is 27.4 Å². The minimum Gasteiger partial charge on any atom is -0.388 e. The van der Waals surface area contributed by atoms with Gasteiger partial charge in [-0.25, -0.2) is 4.39 Å². The summed E-state index contributed by atoms with van der Waals surface area (Å²) in [5.41, 5.74) is 0.975. The van der Waals surface area contributed by atoms with Crippen molar-refractivity contribution in [3.63, 3.8) is 0 Å². The summed E-state index contributed by atoms with van der Waals surface area (Å²) in [5, 5.41) is 9.67. The lowest BCUT2D eigenvalue weighted by Crippen LogP contribution is -2.18. The summed E-state index contributed by atoms with van der Waals surface area (Å²) in [6, 6.07) is 4.04. The van der Waals surface area contributed by atoms with Crippen molar-refractivity contribution >= 4 is 0 Å². The second-order valence-electron chi connectivity index (χ2n) is 4.03. The Labute approximate surface area is 102 Å². The molecule has 0 heterocycles. The van der Waals surface area contributed by atoms with Crippen LogP contribution in [0.4, 0.5) is 17.6 Å². The number of ether oxygens (including phenoxy) is 1. The molecular weight excluding hydrogens is 252 g/mol. The maximum atomic E-state index is 13.0. The van der Waals surface area contributed by atoms with Gasteiger partial charge in [-0.05, 0) is 30.2 Å². The maximum absolute atomic E-state index is 13.0. The summed E-state index contributed by atoms with van der Waals surface area (Å²) in [6.07, 6.45) is -5.42. The van der Waals surface area contributed by atoms with Crippen molar-refractivity contribution in [1.29, 1.82) is 0 Å². The zero-order valence-corrected chi connectivity index (χ0v) is 9.80. The molecule has 1 aromatic rings. The third-order valence-electron chi connectivity index (χ3n) is 2.25. The van der Waals surface area contributed by atoms with E-state index in [9.17, 15) is 22.7 Å². The van der Waals surface area contributed by atoms with Crippen LogP contribution in [0.15, 0.2) is 18.2 Å². The predicted octanol–water partition coefficient (Wildman–Crippen LogP) is 3.14. The number of aliphatic hydroxyl groups is 1. The van der Waals surface area contributed by atoms with Crippen LogP contribution >= 0.6 is 0 Å². The van der Waals surface area contributed by atoms with E-state index >= 15 is 0 Å². The van der Waals surface area contributed by atoms with E-state index in [1.54, 1.807) is 13.0 Å². The molecule has 1 N–H and O–H groups in total. The fraction of sp³-hybridized carbons (Fsp3) is 0.500. The van der Waals surface area contributed by atoms with E-state index in [0.29, 0.717) is 11.1 Å². The van der Waals surface area contributed by atoms with Gasteiger partial charge in [-0.3, -0.25) is 0 Å². The molecule has 0 aliphatic carbocycles. The second kappa shape index (κ2) is 6.15. The lowest BCUT2D eigenvalue weighted by molar-refractivity contribution is -0.175. The van der Waals surface area contributed by atoms with Crippen molar-refractivity contribution in [1.82, 2.24) is 0 Å². The highest BCUT2D eigenvalue weighted by molar-refractivity contribution is 5.25. The molecule has 0 radical (unpaired) electrons. The zero-order chi connectivity index (χ0) is 13.8.